The van der Waals surface area contributed by atoms with E-state index in [2.05, 4.69) is 24.8 Å². The SMILES string of the molecule is COc1ccccc1CN(CCC(C)C)C[C@H](O)COc1ccccc1C. The van der Waals surface area contributed by atoms with Gasteiger partial charge in [-0.2, -0.15) is 0 Å². The zero-order valence-electron chi connectivity index (χ0n) is 17.0. The molecular weight excluding hydrogens is 338 g/mol. The van der Waals surface area contributed by atoms with Gasteiger partial charge in [0.2, 0.25) is 0 Å². The molecule has 4 heteroatoms. The van der Waals surface area contributed by atoms with E-state index in [0.717, 1.165) is 42.1 Å². The largest absolute Gasteiger partial charge is 0.496 e. The van der Waals surface area contributed by atoms with Crippen LogP contribution in [0.2, 0.25) is 0 Å². The summed E-state index contributed by atoms with van der Waals surface area (Å²) in [4.78, 5) is 2.28. The molecule has 0 aliphatic carbocycles. The third kappa shape index (κ3) is 7.24. The number of aliphatic hydroxyl groups excluding tert-OH is 1. The summed E-state index contributed by atoms with van der Waals surface area (Å²) in [6.45, 7) is 8.98. The number of ether oxygens (including phenoxy) is 2. The van der Waals surface area contributed by atoms with Crippen LogP contribution in [-0.4, -0.2) is 42.9 Å². The van der Waals surface area contributed by atoms with Gasteiger partial charge in [-0.1, -0.05) is 50.2 Å². The van der Waals surface area contributed by atoms with E-state index in [1.54, 1.807) is 7.11 Å². The van der Waals surface area contributed by atoms with E-state index in [1.165, 1.54) is 0 Å². The number of aliphatic hydroxyl groups is 1. The maximum atomic E-state index is 10.5. The molecule has 0 saturated carbocycles. The molecule has 4 nitrogen and oxygen atoms in total. The minimum absolute atomic E-state index is 0.287. The van der Waals surface area contributed by atoms with Gasteiger partial charge in [-0.3, -0.25) is 4.90 Å². The summed E-state index contributed by atoms with van der Waals surface area (Å²) in [5, 5.41) is 10.5. The summed E-state index contributed by atoms with van der Waals surface area (Å²) in [5.74, 6) is 2.33. The van der Waals surface area contributed by atoms with E-state index in [-0.39, 0.29) is 6.61 Å². The summed E-state index contributed by atoms with van der Waals surface area (Å²) < 4.78 is 11.3. The first-order valence-electron chi connectivity index (χ1n) is 9.70. The number of para-hydroxylation sites is 2. The fourth-order valence-corrected chi connectivity index (χ4v) is 3.01. The lowest BCUT2D eigenvalue weighted by atomic mass is 10.1. The fraction of sp³-hybridized carbons (Fsp3) is 0.478. The third-order valence-corrected chi connectivity index (χ3v) is 4.60. The molecule has 2 aromatic carbocycles. The molecule has 0 aliphatic rings. The Morgan fingerprint density at radius 1 is 1.00 bits per heavy atom. The Kier molecular flexibility index (Phi) is 8.62. The van der Waals surface area contributed by atoms with Crippen LogP contribution in [0.5, 0.6) is 11.5 Å². The first kappa shape index (κ1) is 21.3. The average Bonchev–Trinajstić information content (AvgIpc) is 2.66. The molecule has 27 heavy (non-hydrogen) atoms. The summed E-state index contributed by atoms with van der Waals surface area (Å²) >= 11 is 0. The van der Waals surface area contributed by atoms with Crippen molar-refractivity contribution in [1.29, 1.82) is 0 Å². The second kappa shape index (κ2) is 11.0. The monoisotopic (exact) mass is 371 g/mol. The topological polar surface area (TPSA) is 41.9 Å². The molecule has 0 aliphatic heterocycles. The lowest BCUT2D eigenvalue weighted by Crippen LogP contribution is -2.36. The van der Waals surface area contributed by atoms with Gasteiger partial charge in [-0.15, -0.1) is 0 Å². The molecule has 0 aromatic heterocycles. The molecule has 0 saturated heterocycles. The van der Waals surface area contributed by atoms with Gasteiger partial charge in [0.1, 0.15) is 24.2 Å². The Morgan fingerprint density at radius 2 is 1.67 bits per heavy atom. The van der Waals surface area contributed by atoms with Crippen molar-refractivity contribution in [2.45, 2.75) is 39.8 Å². The zero-order valence-corrected chi connectivity index (χ0v) is 17.0. The Morgan fingerprint density at radius 3 is 2.33 bits per heavy atom. The number of methoxy groups -OCH3 is 1. The molecule has 0 fully saturated rings. The van der Waals surface area contributed by atoms with Crippen molar-refractivity contribution >= 4 is 0 Å². The van der Waals surface area contributed by atoms with Crippen LogP contribution in [0.15, 0.2) is 48.5 Å². The number of aryl methyl sites for hydroxylation is 1. The lowest BCUT2D eigenvalue weighted by Gasteiger charge is -2.26. The summed E-state index contributed by atoms with van der Waals surface area (Å²) in [7, 11) is 1.70. The first-order valence-corrected chi connectivity index (χ1v) is 9.70. The highest BCUT2D eigenvalue weighted by molar-refractivity contribution is 5.33. The van der Waals surface area contributed by atoms with E-state index in [1.807, 2.05) is 49.4 Å². The summed E-state index contributed by atoms with van der Waals surface area (Å²) in [5.41, 5.74) is 2.21. The molecule has 2 rings (SSSR count). The van der Waals surface area contributed by atoms with Crippen LogP contribution >= 0.6 is 0 Å². The van der Waals surface area contributed by atoms with Gasteiger partial charge in [0.05, 0.1) is 7.11 Å². The minimum atomic E-state index is -0.550. The second-order valence-corrected chi connectivity index (χ2v) is 7.46. The molecule has 0 heterocycles. The molecule has 148 valence electrons. The average molecular weight is 372 g/mol. The van der Waals surface area contributed by atoms with E-state index in [0.29, 0.717) is 12.5 Å². The van der Waals surface area contributed by atoms with Gasteiger partial charge < -0.3 is 14.6 Å². The van der Waals surface area contributed by atoms with Crippen LogP contribution in [0.25, 0.3) is 0 Å². The van der Waals surface area contributed by atoms with Gasteiger partial charge in [0.25, 0.3) is 0 Å². The Labute approximate surface area is 163 Å². The molecule has 2 aromatic rings. The molecule has 0 amide bonds. The highest BCUT2D eigenvalue weighted by Crippen LogP contribution is 2.20. The second-order valence-electron chi connectivity index (χ2n) is 7.46. The van der Waals surface area contributed by atoms with Crippen molar-refractivity contribution in [3.05, 3.63) is 59.7 Å². The van der Waals surface area contributed by atoms with Gasteiger partial charge in [-0.25, -0.2) is 0 Å². The number of rotatable bonds is 11. The van der Waals surface area contributed by atoms with Crippen molar-refractivity contribution in [3.63, 3.8) is 0 Å². The Hall–Kier alpha value is -2.04. The predicted octanol–water partition coefficient (Wildman–Crippen LogP) is 4.29. The van der Waals surface area contributed by atoms with E-state index >= 15 is 0 Å². The quantitative estimate of drug-likeness (QED) is 0.640. The van der Waals surface area contributed by atoms with E-state index in [4.69, 9.17) is 9.47 Å². The smallest absolute Gasteiger partial charge is 0.123 e. The molecule has 0 spiro atoms. The van der Waals surface area contributed by atoms with Crippen molar-refractivity contribution in [2.75, 3.05) is 26.8 Å². The molecule has 0 bridgehead atoms. The van der Waals surface area contributed by atoms with Crippen LogP contribution < -0.4 is 9.47 Å². The lowest BCUT2D eigenvalue weighted by molar-refractivity contribution is 0.0634. The van der Waals surface area contributed by atoms with Crippen LogP contribution in [0.4, 0.5) is 0 Å². The van der Waals surface area contributed by atoms with Crippen molar-refractivity contribution in [3.8, 4) is 11.5 Å². The Bertz CT molecular complexity index is 687. The molecule has 1 N–H and O–H groups in total. The van der Waals surface area contributed by atoms with Crippen molar-refractivity contribution in [1.82, 2.24) is 4.90 Å². The maximum Gasteiger partial charge on any atom is 0.123 e. The number of hydrogen-bond acceptors (Lipinski definition) is 4. The first-order chi connectivity index (χ1) is 13.0. The molecule has 0 radical (unpaired) electrons. The number of hydrogen-bond donors (Lipinski definition) is 1. The van der Waals surface area contributed by atoms with Gasteiger partial charge in [0.15, 0.2) is 0 Å². The summed E-state index contributed by atoms with van der Waals surface area (Å²) in [6.07, 6.45) is 0.534. The maximum absolute atomic E-state index is 10.5. The zero-order chi connectivity index (χ0) is 19.6. The molecule has 0 unspecified atom stereocenters. The standard InChI is InChI=1S/C23H33NO3/c1-18(2)13-14-24(15-20-10-6-8-12-23(20)26-4)16-21(25)17-27-22-11-7-5-9-19(22)3/h5-12,18,21,25H,13-17H2,1-4H3/t21-/m0/s1. The van der Waals surface area contributed by atoms with Gasteiger partial charge in [0, 0.05) is 18.7 Å². The number of benzene rings is 2. The van der Waals surface area contributed by atoms with Crippen LogP contribution in [0.3, 0.4) is 0 Å². The van der Waals surface area contributed by atoms with Gasteiger partial charge in [-0.05, 0) is 43.5 Å². The van der Waals surface area contributed by atoms with Crippen LogP contribution in [0.1, 0.15) is 31.4 Å². The van der Waals surface area contributed by atoms with Gasteiger partial charge >= 0.3 is 0 Å². The Balaban J connectivity index is 1.97. The minimum Gasteiger partial charge on any atom is -0.496 e. The third-order valence-electron chi connectivity index (χ3n) is 4.60. The number of nitrogens with zero attached hydrogens (tertiary/aromatic N) is 1. The van der Waals surface area contributed by atoms with Crippen LogP contribution in [0, 0.1) is 12.8 Å². The predicted molar refractivity (Wildman–Crippen MR) is 110 cm³/mol. The van der Waals surface area contributed by atoms with E-state index in [9.17, 15) is 5.11 Å². The van der Waals surface area contributed by atoms with E-state index < -0.39 is 6.10 Å². The highest BCUT2D eigenvalue weighted by Gasteiger charge is 2.16. The van der Waals surface area contributed by atoms with Crippen molar-refractivity contribution < 1.29 is 14.6 Å². The highest BCUT2D eigenvalue weighted by atomic mass is 16.5. The normalized spacial score (nSPS) is 12.4. The summed E-state index contributed by atoms with van der Waals surface area (Å²) in [6, 6.07) is 15.9. The fourth-order valence-electron chi connectivity index (χ4n) is 3.01. The van der Waals surface area contributed by atoms with Crippen LogP contribution in [-0.2, 0) is 6.54 Å². The molecule has 1 atom stereocenters. The molecular formula is C23H33NO3. The van der Waals surface area contributed by atoms with Crippen molar-refractivity contribution in [2.24, 2.45) is 5.92 Å².